The highest BCUT2D eigenvalue weighted by atomic mass is 32.2. The third kappa shape index (κ3) is 5.80. The van der Waals surface area contributed by atoms with Gasteiger partial charge in [0, 0.05) is 31.6 Å². The summed E-state index contributed by atoms with van der Waals surface area (Å²) in [6, 6.07) is 0. The number of nitrogens with zero attached hydrogens (tertiary/aromatic N) is 1. The van der Waals surface area contributed by atoms with Gasteiger partial charge in [-0.2, -0.15) is 0 Å². The van der Waals surface area contributed by atoms with E-state index in [4.69, 9.17) is 14.5 Å². The van der Waals surface area contributed by atoms with Gasteiger partial charge >= 0.3 is 0 Å². The van der Waals surface area contributed by atoms with Gasteiger partial charge in [-0.25, -0.2) is 0 Å². The van der Waals surface area contributed by atoms with Crippen LogP contribution < -0.4 is 5.32 Å². The van der Waals surface area contributed by atoms with Crippen molar-refractivity contribution in [3.05, 3.63) is 0 Å². The highest BCUT2D eigenvalue weighted by Crippen LogP contribution is 2.38. The van der Waals surface area contributed by atoms with Crippen LogP contribution in [0.3, 0.4) is 0 Å². The van der Waals surface area contributed by atoms with Crippen molar-refractivity contribution in [2.24, 2.45) is 10.9 Å². The van der Waals surface area contributed by atoms with Gasteiger partial charge in [-0.1, -0.05) is 18.7 Å². The summed E-state index contributed by atoms with van der Waals surface area (Å²) >= 11 is 1.91. The summed E-state index contributed by atoms with van der Waals surface area (Å²) in [4.78, 5) is 4.71. The molecule has 0 aromatic rings. The van der Waals surface area contributed by atoms with Crippen molar-refractivity contribution in [1.82, 2.24) is 5.32 Å². The molecule has 2 fully saturated rings. The topological polar surface area (TPSA) is 42.9 Å². The molecule has 1 N–H and O–H groups in total. The van der Waals surface area contributed by atoms with E-state index in [2.05, 4.69) is 12.2 Å². The molecule has 0 bridgehead atoms. The van der Waals surface area contributed by atoms with Crippen molar-refractivity contribution < 1.29 is 9.47 Å². The summed E-state index contributed by atoms with van der Waals surface area (Å²) in [5.41, 5.74) is 0.360. The Balaban J connectivity index is 1.57. The van der Waals surface area contributed by atoms with E-state index in [0.717, 1.165) is 31.9 Å². The SMILES string of the molecule is COCCOCCCCN=C1NC2(CCC(C)CC2)CS1. The Morgan fingerprint density at radius 2 is 2.05 bits per heavy atom. The lowest BCUT2D eigenvalue weighted by atomic mass is 9.78. The van der Waals surface area contributed by atoms with Gasteiger partial charge in [-0.05, 0) is 44.4 Å². The average Bonchev–Trinajstić information content (AvgIpc) is 2.89. The van der Waals surface area contributed by atoms with E-state index in [1.165, 1.54) is 36.6 Å². The number of unbranched alkanes of at least 4 members (excludes halogenated alkanes) is 1. The molecule has 2 rings (SSSR count). The number of methoxy groups -OCH3 is 1. The van der Waals surface area contributed by atoms with Gasteiger partial charge in [0.2, 0.25) is 0 Å². The van der Waals surface area contributed by atoms with Crippen molar-refractivity contribution in [1.29, 1.82) is 0 Å². The van der Waals surface area contributed by atoms with Crippen LogP contribution >= 0.6 is 11.8 Å². The highest BCUT2D eigenvalue weighted by Gasteiger charge is 2.39. The van der Waals surface area contributed by atoms with E-state index in [0.29, 0.717) is 18.8 Å². The zero-order chi connectivity index (χ0) is 15.0. The van der Waals surface area contributed by atoms with Gasteiger partial charge in [-0.3, -0.25) is 4.99 Å². The molecule has 1 saturated heterocycles. The maximum absolute atomic E-state index is 5.45. The number of thioether (sulfide) groups is 1. The smallest absolute Gasteiger partial charge is 0.157 e. The molecule has 4 nitrogen and oxygen atoms in total. The molecule has 1 saturated carbocycles. The molecule has 0 unspecified atom stereocenters. The summed E-state index contributed by atoms with van der Waals surface area (Å²) in [6.45, 7) is 5.48. The predicted octanol–water partition coefficient (Wildman–Crippen LogP) is 3.07. The van der Waals surface area contributed by atoms with Gasteiger partial charge in [0.1, 0.15) is 0 Å². The summed E-state index contributed by atoms with van der Waals surface area (Å²) in [6.07, 6.45) is 7.52. The van der Waals surface area contributed by atoms with E-state index >= 15 is 0 Å². The number of hydrogen-bond donors (Lipinski definition) is 1. The fourth-order valence-corrected chi connectivity index (χ4v) is 4.16. The van der Waals surface area contributed by atoms with E-state index in [1.807, 2.05) is 11.8 Å². The molecule has 0 aromatic heterocycles. The molecule has 0 aromatic carbocycles. The Kier molecular flexibility index (Phi) is 7.34. The van der Waals surface area contributed by atoms with Crippen molar-refractivity contribution in [3.63, 3.8) is 0 Å². The van der Waals surface area contributed by atoms with Crippen LogP contribution in [-0.2, 0) is 9.47 Å². The Morgan fingerprint density at radius 3 is 2.81 bits per heavy atom. The minimum atomic E-state index is 0.360. The van der Waals surface area contributed by atoms with Crippen LogP contribution in [0.15, 0.2) is 4.99 Å². The normalized spacial score (nSPS) is 31.0. The summed E-state index contributed by atoms with van der Waals surface area (Å²) in [5.74, 6) is 2.11. The van der Waals surface area contributed by atoms with E-state index in [9.17, 15) is 0 Å². The molecule has 2 aliphatic rings. The van der Waals surface area contributed by atoms with Crippen molar-refractivity contribution >= 4 is 16.9 Å². The summed E-state index contributed by atoms with van der Waals surface area (Å²) < 4.78 is 10.4. The molecule has 0 atom stereocenters. The Bertz CT molecular complexity index is 328. The maximum Gasteiger partial charge on any atom is 0.157 e. The van der Waals surface area contributed by atoms with Gasteiger partial charge in [0.25, 0.3) is 0 Å². The largest absolute Gasteiger partial charge is 0.382 e. The first-order valence-electron chi connectivity index (χ1n) is 8.26. The van der Waals surface area contributed by atoms with Crippen LogP contribution in [0.25, 0.3) is 0 Å². The second-order valence-corrected chi connectivity index (χ2v) is 7.34. The number of hydrogen-bond acceptors (Lipinski definition) is 4. The standard InChI is InChI=1S/C16H30N2O2S/c1-14-5-7-16(8-6-14)13-21-15(18-16)17-9-3-4-10-20-12-11-19-2/h14H,3-13H2,1-2H3,(H,17,18). The molecule has 1 aliphatic carbocycles. The number of rotatable bonds is 8. The Hall–Kier alpha value is -0.260. The minimum Gasteiger partial charge on any atom is -0.382 e. The monoisotopic (exact) mass is 314 g/mol. The number of nitrogens with one attached hydrogen (secondary N) is 1. The number of ether oxygens (including phenoxy) is 2. The molecule has 1 aliphatic heterocycles. The Labute approximate surface area is 133 Å². The van der Waals surface area contributed by atoms with Crippen molar-refractivity contribution in [3.8, 4) is 0 Å². The van der Waals surface area contributed by atoms with Gasteiger partial charge in [0.15, 0.2) is 5.17 Å². The van der Waals surface area contributed by atoms with Crippen LogP contribution in [-0.4, -0.2) is 49.9 Å². The molecule has 1 heterocycles. The van der Waals surface area contributed by atoms with Crippen LogP contribution in [0.2, 0.25) is 0 Å². The Morgan fingerprint density at radius 1 is 1.24 bits per heavy atom. The second kappa shape index (κ2) is 9.01. The molecule has 21 heavy (non-hydrogen) atoms. The van der Waals surface area contributed by atoms with E-state index in [1.54, 1.807) is 7.11 Å². The molecule has 0 radical (unpaired) electrons. The third-order valence-corrected chi connectivity index (χ3v) is 5.67. The van der Waals surface area contributed by atoms with Crippen LogP contribution in [0.4, 0.5) is 0 Å². The summed E-state index contributed by atoms with van der Waals surface area (Å²) in [5, 5.41) is 4.88. The third-order valence-electron chi connectivity index (χ3n) is 4.47. The molecule has 0 amide bonds. The van der Waals surface area contributed by atoms with Crippen LogP contribution in [0.5, 0.6) is 0 Å². The molecule has 122 valence electrons. The highest BCUT2D eigenvalue weighted by molar-refractivity contribution is 8.14. The molecule has 5 heteroatoms. The van der Waals surface area contributed by atoms with Gasteiger partial charge in [-0.15, -0.1) is 0 Å². The quantitative estimate of drug-likeness (QED) is 0.699. The molecule has 1 spiro atoms. The minimum absolute atomic E-state index is 0.360. The first-order chi connectivity index (χ1) is 10.2. The van der Waals surface area contributed by atoms with Gasteiger partial charge in [0.05, 0.1) is 13.2 Å². The first-order valence-corrected chi connectivity index (χ1v) is 9.25. The second-order valence-electron chi connectivity index (χ2n) is 6.38. The number of amidine groups is 1. The fourth-order valence-electron chi connectivity index (χ4n) is 2.92. The van der Waals surface area contributed by atoms with Gasteiger partial charge < -0.3 is 14.8 Å². The van der Waals surface area contributed by atoms with E-state index < -0.39 is 0 Å². The fraction of sp³-hybridized carbons (Fsp3) is 0.938. The zero-order valence-corrected chi connectivity index (χ0v) is 14.3. The predicted molar refractivity (Wildman–Crippen MR) is 90.2 cm³/mol. The lowest BCUT2D eigenvalue weighted by molar-refractivity contribution is 0.0690. The first kappa shape index (κ1) is 17.1. The van der Waals surface area contributed by atoms with Crippen LogP contribution in [0.1, 0.15) is 45.4 Å². The lowest BCUT2D eigenvalue weighted by Gasteiger charge is -2.35. The summed E-state index contributed by atoms with van der Waals surface area (Å²) in [7, 11) is 1.70. The van der Waals surface area contributed by atoms with Crippen LogP contribution in [0, 0.1) is 5.92 Å². The number of aliphatic imine (C=N–C) groups is 1. The van der Waals surface area contributed by atoms with Crippen molar-refractivity contribution in [2.75, 3.05) is 39.2 Å². The maximum atomic E-state index is 5.45. The molecular weight excluding hydrogens is 284 g/mol. The molecular formula is C16H30N2O2S. The van der Waals surface area contributed by atoms with Crippen molar-refractivity contribution in [2.45, 2.75) is 51.0 Å². The van der Waals surface area contributed by atoms with E-state index in [-0.39, 0.29) is 0 Å². The lowest BCUT2D eigenvalue weighted by Crippen LogP contribution is -2.46. The zero-order valence-electron chi connectivity index (χ0n) is 13.5. The average molecular weight is 314 g/mol.